The molecule has 1 aromatic rings. The van der Waals surface area contributed by atoms with E-state index in [1.54, 1.807) is 7.11 Å². The average molecular weight is 279 g/mol. The Morgan fingerprint density at radius 1 is 1.25 bits per heavy atom. The molecule has 0 spiro atoms. The maximum absolute atomic E-state index is 5.76. The Kier molecular flexibility index (Phi) is 4.94. The predicted octanol–water partition coefficient (Wildman–Crippen LogP) is 2.64. The minimum Gasteiger partial charge on any atom is -0.376 e. The lowest BCUT2D eigenvalue weighted by Crippen LogP contribution is -2.31. The van der Waals surface area contributed by atoms with Crippen LogP contribution in [0.1, 0.15) is 50.7 Å². The van der Waals surface area contributed by atoms with E-state index in [0.717, 1.165) is 55.3 Å². The van der Waals surface area contributed by atoms with Gasteiger partial charge in [-0.2, -0.15) is 0 Å². The second-order valence-corrected chi connectivity index (χ2v) is 5.06. The first-order valence-electron chi connectivity index (χ1n) is 7.47. The molecule has 0 bridgehead atoms. The summed E-state index contributed by atoms with van der Waals surface area (Å²) >= 11 is 0. The van der Waals surface area contributed by atoms with Crippen molar-refractivity contribution in [3.8, 4) is 0 Å². The second kappa shape index (κ2) is 6.50. The highest BCUT2D eigenvalue weighted by atomic mass is 16.5. The van der Waals surface area contributed by atoms with Crippen LogP contribution in [0.15, 0.2) is 0 Å². The van der Waals surface area contributed by atoms with E-state index in [1.807, 2.05) is 0 Å². The Morgan fingerprint density at radius 2 is 2.00 bits per heavy atom. The summed E-state index contributed by atoms with van der Waals surface area (Å²) in [6.45, 7) is 8.46. The van der Waals surface area contributed by atoms with Crippen LogP contribution in [0.2, 0.25) is 0 Å². The number of hydrogen-bond acceptors (Lipinski definition) is 5. The van der Waals surface area contributed by atoms with Gasteiger partial charge in [0.15, 0.2) is 5.82 Å². The molecule has 0 aliphatic carbocycles. The van der Waals surface area contributed by atoms with Crippen molar-refractivity contribution in [2.45, 2.75) is 52.2 Å². The van der Waals surface area contributed by atoms with E-state index in [9.17, 15) is 0 Å². The van der Waals surface area contributed by atoms with Gasteiger partial charge < -0.3 is 14.8 Å². The SMILES string of the molecule is CCNc1nc(C(CC)(CC)OC)nc2c1COCC2. The van der Waals surface area contributed by atoms with Crippen molar-refractivity contribution < 1.29 is 9.47 Å². The molecule has 0 saturated carbocycles. The van der Waals surface area contributed by atoms with Crippen molar-refractivity contribution in [2.24, 2.45) is 0 Å². The van der Waals surface area contributed by atoms with Gasteiger partial charge in [0.05, 0.1) is 18.9 Å². The molecule has 1 N–H and O–H groups in total. The number of hydrogen-bond donors (Lipinski definition) is 1. The number of ether oxygens (including phenoxy) is 2. The fourth-order valence-corrected chi connectivity index (χ4v) is 2.70. The van der Waals surface area contributed by atoms with Crippen LogP contribution in [0.5, 0.6) is 0 Å². The molecule has 2 rings (SSSR count). The molecule has 1 aromatic heterocycles. The summed E-state index contributed by atoms with van der Waals surface area (Å²) < 4.78 is 11.3. The van der Waals surface area contributed by atoms with Crippen LogP contribution in [0.25, 0.3) is 0 Å². The molecule has 0 fully saturated rings. The van der Waals surface area contributed by atoms with E-state index in [4.69, 9.17) is 19.4 Å². The maximum Gasteiger partial charge on any atom is 0.162 e. The monoisotopic (exact) mass is 279 g/mol. The van der Waals surface area contributed by atoms with Gasteiger partial charge in [0.2, 0.25) is 0 Å². The molecule has 0 unspecified atom stereocenters. The first-order chi connectivity index (χ1) is 9.70. The fraction of sp³-hybridized carbons (Fsp3) is 0.733. The normalized spacial score (nSPS) is 15.0. The standard InChI is InChI=1S/C15H25N3O2/c1-5-15(6-2,19-4)14-17-12-8-9-20-10-11(12)13(18-14)16-7-3/h5-10H2,1-4H3,(H,16,17,18). The quantitative estimate of drug-likeness (QED) is 0.867. The Bertz CT molecular complexity index is 450. The van der Waals surface area contributed by atoms with Crippen LogP contribution in [-0.2, 0) is 28.1 Å². The fourth-order valence-electron chi connectivity index (χ4n) is 2.70. The highest BCUT2D eigenvalue weighted by Gasteiger charge is 2.33. The molecule has 2 heterocycles. The van der Waals surface area contributed by atoms with Crippen molar-refractivity contribution in [3.63, 3.8) is 0 Å². The molecule has 0 atom stereocenters. The molecule has 1 aliphatic heterocycles. The predicted molar refractivity (Wildman–Crippen MR) is 78.8 cm³/mol. The Labute approximate surface area is 121 Å². The van der Waals surface area contributed by atoms with Gasteiger partial charge in [0.25, 0.3) is 0 Å². The highest BCUT2D eigenvalue weighted by Crippen LogP contribution is 2.33. The largest absolute Gasteiger partial charge is 0.376 e. The minimum absolute atomic E-state index is 0.391. The summed E-state index contributed by atoms with van der Waals surface area (Å²) in [4.78, 5) is 9.52. The summed E-state index contributed by atoms with van der Waals surface area (Å²) in [7, 11) is 1.74. The van der Waals surface area contributed by atoms with Crippen LogP contribution < -0.4 is 5.32 Å². The van der Waals surface area contributed by atoms with Crippen molar-refractivity contribution >= 4 is 5.82 Å². The summed E-state index contributed by atoms with van der Waals surface area (Å²) in [6, 6.07) is 0. The molecule has 0 aromatic carbocycles. The third-order valence-corrected chi connectivity index (χ3v) is 4.11. The Hall–Kier alpha value is -1.20. The molecule has 5 heteroatoms. The van der Waals surface area contributed by atoms with Gasteiger partial charge in [-0.25, -0.2) is 9.97 Å². The number of nitrogens with zero attached hydrogens (tertiary/aromatic N) is 2. The van der Waals surface area contributed by atoms with Crippen molar-refractivity contribution in [1.82, 2.24) is 9.97 Å². The summed E-state index contributed by atoms with van der Waals surface area (Å²) in [5, 5.41) is 3.33. The minimum atomic E-state index is -0.391. The second-order valence-electron chi connectivity index (χ2n) is 5.06. The van der Waals surface area contributed by atoms with Gasteiger partial charge in [-0.15, -0.1) is 0 Å². The summed E-state index contributed by atoms with van der Waals surface area (Å²) in [5.74, 6) is 1.69. The zero-order valence-corrected chi connectivity index (χ0v) is 13.0. The van der Waals surface area contributed by atoms with Gasteiger partial charge in [-0.05, 0) is 19.8 Å². The molecule has 0 radical (unpaired) electrons. The molecule has 0 saturated heterocycles. The molecular formula is C15H25N3O2. The smallest absolute Gasteiger partial charge is 0.162 e. The zero-order chi connectivity index (χ0) is 14.6. The van der Waals surface area contributed by atoms with Gasteiger partial charge >= 0.3 is 0 Å². The van der Waals surface area contributed by atoms with Gasteiger partial charge in [0, 0.05) is 25.6 Å². The Morgan fingerprint density at radius 3 is 2.60 bits per heavy atom. The molecule has 1 aliphatic rings. The number of fused-ring (bicyclic) bond motifs is 1. The first-order valence-corrected chi connectivity index (χ1v) is 7.47. The van der Waals surface area contributed by atoms with Gasteiger partial charge in [-0.3, -0.25) is 0 Å². The molecular weight excluding hydrogens is 254 g/mol. The molecule has 20 heavy (non-hydrogen) atoms. The van der Waals surface area contributed by atoms with Crippen molar-refractivity contribution in [3.05, 3.63) is 17.1 Å². The van der Waals surface area contributed by atoms with Crippen LogP contribution in [0, 0.1) is 0 Å². The van der Waals surface area contributed by atoms with Crippen LogP contribution in [0.4, 0.5) is 5.82 Å². The molecule has 5 nitrogen and oxygen atoms in total. The third kappa shape index (κ3) is 2.65. The van der Waals surface area contributed by atoms with Crippen LogP contribution in [0.3, 0.4) is 0 Å². The zero-order valence-electron chi connectivity index (χ0n) is 13.0. The number of rotatable bonds is 6. The third-order valence-electron chi connectivity index (χ3n) is 4.11. The van der Waals surface area contributed by atoms with Gasteiger partial charge in [-0.1, -0.05) is 13.8 Å². The topological polar surface area (TPSA) is 56.3 Å². The van der Waals surface area contributed by atoms with E-state index in [1.165, 1.54) is 0 Å². The summed E-state index contributed by atoms with van der Waals surface area (Å²) in [5.41, 5.74) is 1.80. The number of aromatic nitrogens is 2. The first kappa shape index (κ1) is 15.2. The lowest BCUT2D eigenvalue weighted by atomic mass is 9.95. The number of anilines is 1. The van der Waals surface area contributed by atoms with Crippen LogP contribution >= 0.6 is 0 Å². The highest BCUT2D eigenvalue weighted by molar-refractivity contribution is 5.47. The average Bonchev–Trinajstić information content (AvgIpc) is 2.50. The number of methoxy groups -OCH3 is 1. The van der Waals surface area contributed by atoms with Crippen LogP contribution in [-0.4, -0.2) is 30.2 Å². The molecule has 112 valence electrons. The van der Waals surface area contributed by atoms with Crippen molar-refractivity contribution in [2.75, 3.05) is 25.6 Å². The maximum atomic E-state index is 5.76. The summed E-state index contributed by atoms with van der Waals surface area (Å²) in [6.07, 6.45) is 2.57. The molecule has 0 amide bonds. The lowest BCUT2D eigenvalue weighted by molar-refractivity contribution is -0.0295. The van der Waals surface area contributed by atoms with Gasteiger partial charge in [0.1, 0.15) is 11.4 Å². The van der Waals surface area contributed by atoms with E-state index in [0.29, 0.717) is 6.61 Å². The Balaban J connectivity index is 2.51. The van der Waals surface area contributed by atoms with E-state index in [2.05, 4.69) is 26.1 Å². The van der Waals surface area contributed by atoms with E-state index >= 15 is 0 Å². The van der Waals surface area contributed by atoms with E-state index < -0.39 is 5.60 Å². The number of nitrogens with one attached hydrogen (secondary N) is 1. The lowest BCUT2D eigenvalue weighted by Gasteiger charge is -2.30. The van der Waals surface area contributed by atoms with E-state index in [-0.39, 0.29) is 0 Å². The van der Waals surface area contributed by atoms with Crippen molar-refractivity contribution in [1.29, 1.82) is 0 Å².